The number of imide groups is 1. The number of carbonyl (C=O) groups excluding carboxylic acids is 3. The van der Waals surface area contributed by atoms with Crippen LogP contribution in [0.5, 0.6) is 0 Å². The number of nitrogens with one attached hydrogen (secondary N) is 3. The Kier molecular flexibility index (Phi) is 7.84. The highest BCUT2D eigenvalue weighted by atomic mass is 19.1. The van der Waals surface area contributed by atoms with E-state index in [1.807, 2.05) is 13.8 Å². The molecule has 0 aliphatic heterocycles. The molecule has 24 heavy (non-hydrogen) atoms. The maximum atomic E-state index is 13.4. The summed E-state index contributed by atoms with van der Waals surface area (Å²) in [5, 5.41) is 7.09. The van der Waals surface area contributed by atoms with Gasteiger partial charge in [-0.15, -0.1) is 0 Å². The van der Waals surface area contributed by atoms with Gasteiger partial charge in [-0.1, -0.05) is 19.1 Å². The molecule has 8 heteroatoms. The zero-order valence-electron chi connectivity index (χ0n) is 14.1. The van der Waals surface area contributed by atoms with Crippen molar-refractivity contribution >= 4 is 23.5 Å². The Labute approximate surface area is 140 Å². The molecule has 0 bridgehead atoms. The summed E-state index contributed by atoms with van der Waals surface area (Å²) in [6.07, 6.45) is 0. The largest absolute Gasteiger partial charge is 0.353 e. The molecule has 1 aromatic carbocycles. The number of hydrogen-bond acceptors (Lipinski definition) is 4. The predicted molar refractivity (Wildman–Crippen MR) is 89.0 cm³/mol. The lowest BCUT2D eigenvalue weighted by atomic mass is 10.3. The molecule has 0 heterocycles. The molecule has 0 aliphatic rings. The van der Waals surface area contributed by atoms with Gasteiger partial charge in [-0.25, -0.2) is 9.18 Å². The molecule has 3 N–H and O–H groups in total. The summed E-state index contributed by atoms with van der Waals surface area (Å²) in [6, 6.07) is 4.82. The number of urea groups is 1. The van der Waals surface area contributed by atoms with Crippen LogP contribution in [0.25, 0.3) is 0 Å². The summed E-state index contributed by atoms with van der Waals surface area (Å²) in [7, 11) is 0. The first-order valence-electron chi connectivity index (χ1n) is 7.68. The van der Waals surface area contributed by atoms with Gasteiger partial charge in [0.25, 0.3) is 0 Å². The first-order valence-corrected chi connectivity index (χ1v) is 7.68. The zero-order chi connectivity index (χ0) is 18.1. The fourth-order valence-corrected chi connectivity index (χ4v) is 1.94. The first kappa shape index (κ1) is 19.6. The lowest BCUT2D eigenvalue weighted by Gasteiger charge is -2.20. The minimum Gasteiger partial charge on any atom is -0.353 e. The van der Waals surface area contributed by atoms with Gasteiger partial charge in [0.2, 0.25) is 11.8 Å². The standard InChI is InChI=1S/C16H23FN4O3/c1-4-21(9-14(22)18-11(2)3)10-15(23)20-16(24)19-13-8-6-5-7-12(13)17/h5-8,11H,4,9-10H2,1-3H3,(H,18,22)(H2,19,20,23,24). The molecule has 132 valence electrons. The van der Waals surface area contributed by atoms with Gasteiger partial charge in [-0.2, -0.15) is 0 Å². The minimum absolute atomic E-state index is 0.0107. The van der Waals surface area contributed by atoms with Crippen LogP contribution in [0, 0.1) is 5.82 Å². The molecular formula is C16H23FN4O3. The number of anilines is 1. The maximum absolute atomic E-state index is 13.4. The average Bonchev–Trinajstić information content (AvgIpc) is 2.47. The predicted octanol–water partition coefficient (Wildman–Crippen LogP) is 1.32. The van der Waals surface area contributed by atoms with Crippen molar-refractivity contribution < 1.29 is 18.8 Å². The van der Waals surface area contributed by atoms with Gasteiger partial charge in [0, 0.05) is 6.04 Å². The number of hydrogen-bond donors (Lipinski definition) is 3. The number of carbonyl (C=O) groups is 3. The van der Waals surface area contributed by atoms with Crippen LogP contribution in [0.3, 0.4) is 0 Å². The highest BCUT2D eigenvalue weighted by Gasteiger charge is 2.16. The van der Waals surface area contributed by atoms with Crippen molar-refractivity contribution in [2.75, 3.05) is 25.0 Å². The van der Waals surface area contributed by atoms with Crippen LogP contribution in [0.1, 0.15) is 20.8 Å². The number of para-hydroxylation sites is 1. The Hall–Kier alpha value is -2.48. The first-order chi connectivity index (χ1) is 11.3. The van der Waals surface area contributed by atoms with Crippen LogP contribution in [0.15, 0.2) is 24.3 Å². The van der Waals surface area contributed by atoms with E-state index in [4.69, 9.17) is 0 Å². The molecule has 0 fully saturated rings. The SMILES string of the molecule is CCN(CC(=O)NC(=O)Nc1ccccc1F)CC(=O)NC(C)C. The van der Waals surface area contributed by atoms with Crippen LogP contribution < -0.4 is 16.0 Å². The smallest absolute Gasteiger partial charge is 0.326 e. The van der Waals surface area contributed by atoms with Crippen molar-refractivity contribution in [2.45, 2.75) is 26.8 Å². The second-order valence-electron chi connectivity index (χ2n) is 5.51. The molecule has 0 aliphatic carbocycles. The average molecular weight is 338 g/mol. The van der Waals surface area contributed by atoms with E-state index in [0.29, 0.717) is 6.54 Å². The number of benzene rings is 1. The molecule has 7 nitrogen and oxygen atoms in total. The Morgan fingerprint density at radius 2 is 1.75 bits per heavy atom. The summed E-state index contributed by atoms with van der Waals surface area (Å²) >= 11 is 0. The highest BCUT2D eigenvalue weighted by Crippen LogP contribution is 2.11. The Bertz CT molecular complexity index is 592. The fourth-order valence-electron chi connectivity index (χ4n) is 1.94. The molecule has 0 atom stereocenters. The van der Waals surface area contributed by atoms with Crippen LogP contribution in [0.4, 0.5) is 14.9 Å². The summed E-state index contributed by atoms with van der Waals surface area (Å²) in [4.78, 5) is 36.9. The number of likely N-dealkylation sites (N-methyl/N-ethyl adjacent to an activating group) is 1. The van der Waals surface area contributed by atoms with E-state index < -0.39 is 17.8 Å². The van der Waals surface area contributed by atoms with E-state index >= 15 is 0 Å². The number of halogens is 1. The Morgan fingerprint density at radius 1 is 1.12 bits per heavy atom. The van der Waals surface area contributed by atoms with Crippen molar-refractivity contribution in [3.63, 3.8) is 0 Å². The highest BCUT2D eigenvalue weighted by molar-refractivity contribution is 6.01. The summed E-state index contributed by atoms with van der Waals surface area (Å²) in [5.41, 5.74) is -0.0218. The number of amides is 4. The fraction of sp³-hybridized carbons (Fsp3) is 0.438. The van der Waals surface area contributed by atoms with Crippen molar-refractivity contribution in [3.05, 3.63) is 30.1 Å². The summed E-state index contributed by atoms with van der Waals surface area (Å²) < 4.78 is 13.4. The van der Waals surface area contributed by atoms with E-state index in [9.17, 15) is 18.8 Å². The van der Waals surface area contributed by atoms with E-state index in [1.165, 1.54) is 18.2 Å². The second kappa shape index (κ2) is 9.61. The molecule has 0 saturated heterocycles. The molecule has 0 unspecified atom stereocenters. The van der Waals surface area contributed by atoms with Crippen LogP contribution >= 0.6 is 0 Å². The topological polar surface area (TPSA) is 90.5 Å². The summed E-state index contributed by atoms with van der Waals surface area (Å²) in [6.45, 7) is 5.88. The molecule has 0 saturated carbocycles. The Morgan fingerprint density at radius 3 is 2.33 bits per heavy atom. The quantitative estimate of drug-likeness (QED) is 0.699. The van der Waals surface area contributed by atoms with Crippen LogP contribution in [-0.4, -0.2) is 48.4 Å². The molecule has 1 rings (SSSR count). The van der Waals surface area contributed by atoms with Gasteiger partial charge >= 0.3 is 6.03 Å². The van der Waals surface area contributed by atoms with Crippen molar-refractivity contribution in [1.82, 2.24) is 15.5 Å². The van der Waals surface area contributed by atoms with E-state index in [-0.39, 0.29) is 30.7 Å². The lowest BCUT2D eigenvalue weighted by Crippen LogP contribution is -2.46. The van der Waals surface area contributed by atoms with Gasteiger partial charge in [0.15, 0.2) is 0 Å². The normalized spacial score (nSPS) is 10.6. The van der Waals surface area contributed by atoms with Crippen LogP contribution in [0.2, 0.25) is 0 Å². The molecule has 0 radical (unpaired) electrons. The van der Waals surface area contributed by atoms with Gasteiger partial charge in [-0.3, -0.25) is 19.8 Å². The zero-order valence-corrected chi connectivity index (χ0v) is 14.1. The second-order valence-corrected chi connectivity index (χ2v) is 5.51. The number of nitrogens with zero attached hydrogens (tertiary/aromatic N) is 1. The molecule has 1 aromatic rings. The van der Waals surface area contributed by atoms with Crippen LogP contribution in [-0.2, 0) is 9.59 Å². The monoisotopic (exact) mass is 338 g/mol. The van der Waals surface area contributed by atoms with E-state index in [2.05, 4.69) is 16.0 Å². The van der Waals surface area contributed by atoms with Crippen molar-refractivity contribution in [3.8, 4) is 0 Å². The van der Waals surface area contributed by atoms with Gasteiger partial charge in [-0.05, 0) is 32.5 Å². The molecular weight excluding hydrogens is 315 g/mol. The third-order valence-electron chi connectivity index (χ3n) is 3.01. The van der Waals surface area contributed by atoms with Crippen molar-refractivity contribution in [1.29, 1.82) is 0 Å². The molecule has 0 spiro atoms. The van der Waals surface area contributed by atoms with Gasteiger partial charge < -0.3 is 10.6 Å². The maximum Gasteiger partial charge on any atom is 0.326 e. The van der Waals surface area contributed by atoms with E-state index in [0.717, 1.165) is 0 Å². The van der Waals surface area contributed by atoms with Gasteiger partial charge in [0.05, 0.1) is 18.8 Å². The third kappa shape index (κ3) is 7.19. The number of rotatable bonds is 7. The molecule has 0 aromatic heterocycles. The Balaban J connectivity index is 2.47. The molecule has 4 amide bonds. The minimum atomic E-state index is -0.826. The van der Waals surface area contributed by atoms with Gasteiger partial charge in [0.1, 0.15) is 5.82 Å². The third-order valence-corrected chi connectivity index (χ3v) is 3.01. The summed E-state index contributed by atoms with van der Waals surface area (Å²) in [5.74, 6) is -1.38. The lowest BCUT2D eigenvalue weighted by molar-refractivity contribution is -0.124. The van der Waals surface area contributed by atoms with E-state index in [1.54, 1.807) is 17.9 Å². The van der Waals surface area contributed by atoms with Crippen molar-refractivity contribution in [2.24, 2.45) is 0 Å².